The van der Waals surface area contributed by atoms with Crippen LogP contribution in [-0.4, -0.2) is 45.9 Å². The number of phenolic OH excluding ortho intramolecular Hbond substituents is 2. The Morgan fingerprint density at radius 2 is 2.14 bits per heavy atom. The molecule has 0 saturated carbocycles. The molecule has 1 aromatic rings. The minimum Gasteiger partial charge on any atom is -0.504 e. The summed E-state index contributed by atoms with van der Waals surface area (Å²) in [6, 6.07) is 5.03. The number of nitrogens with zero attached hydrogens (tertiary/aromatic N) is 1. The van der Waals surface area contributed by atoms with Gasteiger partial charge >= 0.3 is 6.09 Å². The maximum Gasteiger partial charge on any atom is 0.410 e. The molecule has 1 aliphatic rings. The van der Waals surface area contributed by atoms with Gasteiger partial charge in [-0.1, -0.05) is 12.1 Å². The Balaban J connectivity index is 1.84. The molecular weight excluding hydrogens is 284 g/mol. The zero-order chi connectivity index (χ0) is 16.3. The van der Waals surface area contributed by atoms with Gasteiger partial charge in [-0.05, 0) is 33.3 Å². The molecule has 0 spiro atoms. The number of likely N-dealkylation sites (tertiary alicyclic amines) is 1. The third-order valence-corrected chi connectivity index (χ3v) is 3.52. The summed E-state index contributed by atoms with van der Waals surface area (Å²) in [5.41, 5.74) is 0.145. The van der Waals surface area contributed by atoms with Gasteiger partial charge in [0.25, 0.3) is 0 Å². The highest BCUT2D eigenvalue weighted by Crippen LogP contribution is 2.28. The van der Waals surface area contributed by atoms with Crippen LogP contribution in [0, 0.1) is 0 Å². The van der Waals surface area contributed by atoms with Crippen LogP contribution < -0.4 is 5.32 Å². The van der Waals surface area contributed by atoms with Crippen LogP contribution in [-0.2, 0) is 11.3 Å². The first kappa shape index (κ1) is 16.4. The summed E-state index contributed by atoms with van der Waals surface area (Å²) in [6.07, 6.45) is 0.538. The molecule has 1 aromatic carbocycles. The first-order valence-corrected chi connectivity index (χ1v) is 7.47. The van der Waals surface area contributed by atoms with Crippen LogP contribution in [0.1, 0.15) is 32.8 Å². The Bertz CT molecular complexity index is 539. The second-order valence-electron chi connectivity index (χ2n) is 6.58. The van der Waals surface area contributed by atoms with Crippen molar-refractivity contribution in [3.8, 4) is 11.5 Å². The molecule has 1 fully saturated rings. The molecule has 22 heavy (non-hydrogen) atoms. The van der Waals surface area contributed by atoms with Gasteiger partial charge in [0.15, 0.2) is 11.5 Å². The summed E-state index contributed by atoms with van der Waals surface area (Å²) in [5, 5.41) is 22.5. The molecule has 0 bridgehead atoms. The third kappa shape index (κ3) is 4.27. The van der Waals surface area contributed by atoms with Gasteiger partial charge in [-0.3, -0.25) is 0 Å². The first-order valence-electron chi connectivity index (χ1n) is 7.47. The molecule has 1 saturated heterocycles. The molecule has 3 N–H and O–H groups in total. The van der Waals surface area contributed by atoms with Crippen molar-refractivity contribution in [3.63, 3.8) is 0 Å². The van der Waals surface area contributed by atoms with Crippen molar-refractivity contribution in [1.29, 1.82) is 0 Å². The number of para-hydroxylation sites is 1. The largest absolute Gasteiger partial charge is 0.504 e. The average molecular weight is 308 g/mol. The molecule has 1 atom stereocenters. The van der Waals surface area contributed by atoms with Crippen LogP contribution >= 0.6 is 0 Å². The Kier molecular flexibility index (Phi) is 4.81. The van der Waals surface area contributed by atoms with Gasteiger partial charge in [-0.25, -0.2) is 4.79 Å². The van der Waals surface area contributed by atoms with Crippen LogP contribution in [0.3, 0.4) is 0 Å². The molecule has 1 aliphatic heterocycles. The van der Waals surface area contributed by atoms with Crippen molar-refractivity contribution < 1.29 is 19.7 Å². The highest BCUT2D eigenvalue weighted by molar-refractivity contribution is 5.68. The van der Waals surface area contributed by atoms with E-state index in [2.05, 4.69) is 5.32 Å². The maximum absolute atomic E-state index is 12.0. The normalized spacial score (nSPS) is 18.5. The summed E-state index contributed by atoms with van der Waals surface area (Å²) >= 11 is 0. The predicted octanol–water partition coefficient (Wildman–Crippen LogP) is 2.20. The van der Waals surface area contributed by atoms with E-state index >= 15 is 0 Å². The summed E-state index contributed by atoms with van der Waals surface area (Å²) in [5.74, 6) is -0.224. The van der Waals surface area contributed by atoms with E-state index in [1.54, 1.807) is 17.0 Å². The molecule has 122 valence electrons. The highest BCUT2D eigenvalue weighted by Gasteiger charge is 2.29. The zero-order valence-electron chi connectivity index (χ0n) is 13.3. The van der Waals surface area contributed by atoms with Crippen LogP contribution in [0.15, 0.2) is 18.2 Å². The average Bonchev–Trinajstić information content (AvgIpc) is 2.87. The number of rotatable bonds is 3. The van der Waals surface area contributed by atoms with E-state index in [1.165, 1.54) is 6.07 Å². The Labute approximate surface area is 130 Å². The predicted molar refractivity (Wildman–Crippen MR) is 82.8 cm³/mol. The third-order valence-electron chi connectivity index (χ3n) is 3.52. The topological polar surface area (TPSA) is 82.0 Å². The minimum absolute atomic E-state index is 0.100. The number of amides is 1. The van der Waals surface area contributed by atoms with Crippen molar-refractivity contribution in [2.24, 2.45) is 0 Å². The van der Waals surface area contributed by atoms with Crippen molar-refractivity contribution in [2.45, 2.75) is 45.4 Å². The van der Waals surface area contributed by atoms with Crippen molar-refractivity contribution in [2.75, 3.05) is 13.1 Å². The highest BCUT2D eigenvalue weighted by atomic mass is 16.6. The lowest BCUT2D eigenvalue weighted by Crippen LogP contribution is -2.38. The fraction of sp³-hybridized carbons (Fsp3) is 0.562. The Hall–Kier alpha value is -1.95. The second kappa shape index (κ2) is 6.44. The molecule has 2 rings (SSSR count). The van der Waals surface area contributed by atoms with E-state index in [0.717, 1.165) is 6.42 Å². The first-order chi connectivity index (χ1) is 10.3. The zero-order valence-corrected chi connectivity index (χ0v) is 13.3. The minimum atomic E-state index is -0.490. The monoisotopic (exact) mass is 308 g/mol. The van der Waals surface area contributed by atoms with Crippen molar-refractivity contribution >= 4 is 6.09 Å². The van der Waals surface area contributed by atoms with Crippen LogP contribution in [0.4, 0.5) is 4.79 Å². The molecular formula is C16H24N2O4. The molecule has 1 amide bonds. The summed E-state index contributed by atoms with van der Waals surface area (Å²) < 4.78 is 5.35. The van der Waals surface area contributed by atoms with Gasteiger partial charge < -0.3 is 25.2 Å². The number of carbonyl (C=O) groups is 1. The number of hydrogen-bond donors (Lipinski definition) is 3. The van der Waals surface area contributed by atoms with Gasteiger partial charge in [0.2, 0.25) is 0 Å². The van der Waals surface area contributed by atoms with E-state index in [4.69, 9.17) is 4.74 Å². The fourth-order valence-corrected chi connectivity index (χ4v) is 2.39. The number of aromatic hydroxyl groups is 2. The van der Waals surface area contributed by atoms with Crippen LogP contribution in [0.5, 0.6) is 11.5 Å². The van der Waals surface area contributed by atoms with E-state index < -0.39 is 5.60 Å². The van der Waals surface area contributed by atoms with E-state index in [9.17, 15) is 15.0 Å². The van der Waals surface area contributed by atoms with Gasteiger partial charge in [-0.15, -0.1) is 0 Å². The number of benzene rings is 1. The molecule has 6 nitrogen and oxygen atoms in total. The van der Waals surface area contributed by atoms with Gasteiger partial charge in [0, 0.05) is 31.2 Å². The van der Waals surface area contributed by atoms with Crippen LogP contribution in [0.2, 0.25) is 0 Å². The molecule has 0 aliphatic carbocycles. The molecule has 0 radical (unpaired) electrons. The van der Waals surface area contributed by atoms with Gasteiger partial charge in [0.1, 0.15) is 5.60 Å². The number of hydrogen-bond acceptors (Lipinski definition) is 5. The van der Waals surface area contributed by atoms with Crippen molar-refractivity contribution in [1.82, 2.24) is 10.2 Å². The Morgan fingerprint density at radius 3 is 2.82 bits per heavy atom. The lowest BCUT2D eigenvalue weighted by Gasteiger charge is -2.24. The summed E-state index contributed by atoms with van der Waals surface area (Å²) in [7, 11) is 0. The molecule has 1 unspecified atom stereocenters. The number of carbonyl (C=O) groups excluding carboxylic acids is 1. The SMILES string of the molecule is CC(C)(C)OC(=O)N1CCC(NCc2cccc(O)c2O)C1. The number of nitrogens with one attached hydrogen (secondary N) is 1. The lowest BCUT2D eigenvalue weighted by molar-refractivity contribution is 0.0291. The van der Waals surface area contributed by atoms with Gasteiger partial charge in [-0.2, -0.15) is 0 Å². The van der Waals surface area contributed by atoms with E-state index in [0.29, 0.717) is 25.2 Å². The van der Waals surface area contributed by atoms with Gasteiger partial charge in [0.05, 0.1) is 0 Å². The molecule has 6 heteroatoms. The molecule has 1 heterocycles. The van der Waals surface area contributed by atoms with E-state index in [1.807, 2.05) is 20.8 Å². The quantitative estimate of drug-likeness (QED) is 0.746. The number of ether oxygens (including phenoxy) is 1. The van der Waals surface area contributed by atoms with E-state index in [-0.39, 0.29) is 23.6 Å². The van der Waals surface area contributed by atoms with Crippen molar-refractivity contribution in [3.05, 3.63) is 23.8 Å². The molecule has 0 aromatic heterocycles. The lowest BCUT2D eigenvalue weighted by atomic mass is 10.1. The fourth-order valence-electron chi connectivity index (χ4n) is 2.39. The summed E-state index contributed by atoms with van der Waals surface area (Å²) in [6.45, 7) is 7.21. The van der Waals surface area contributed by atoms with Crippen LogP contribution in [0.25, 0.3) is 0 Å². The second-order valence-corrected chi connectivity index (χ2v) is 6.58. The maximum atomic E-state index is 12.0. The smallest absolute Gasteiger partial charge is 0.410 e. The Morgan fingerprint density at radius 1 is 1.41 bits per heavy atom. The number of phenols is 2. The summed E-state index contributed by atoms with van der Waals surface area (Å²) in [4.78, 5) is 13.7. The standard InChI is InChI=1S/C16H24N2O4/c1-16(2,3)22-15(21)18-8-7-12(10-18)17-9-11-5-4-6-13(19)14(11)20/h4-6,12,17,19-20H,7-10H2,1-3H3.